The molecular formula is C33H21N3O6. The van der Waals surface area contributed by atoms with Gasteiger partial charge in [0.1, 0.15) is 34.5 Å². The fourth-order valence-corrected chi connectivity index (χ4v) is 5.44. The van der Waals surface area contributed by atoms with Crippen LogP contribution < -0.4 is 0 Å². The summed E-state index contributed by atoms with van der Waals surface area (Å²) in [4.78, 5) is 14.0. The molecular weight excluding hydrogens is 534 g/mol. The first-order valence-corrected chi connectivity index (χ1v) is 12.9. The van der Waals surface area contributed by atoms with Gasteiger partial charge < -0.3 is 30.6 Å². The molecule has 9 heteroatoms. The molecule has 0 atom stereocenters. The number of fused-ring (bicyclic) bond motifs is 3. The maximum atomic E-state index is 11.1. The Hall–Kier alpha value is -6.09. The zero-order valence-corrected chi connectivity index (χ0v) is 21.7. The highest BCUT2D eigenvalue weighted by molar-refractivity contribution is 6.05. The molecule has 0 fully saturated rings. The molecule has 0 radical (unpaired) electrons. The molecule has 0 saturated heterocycles. The van der Waals surface area contributed by atoms with Gasteiger partial charge in [-0.2, -0.15) is 0 Å². The SMILES string of the molecule is Oc1cc(O)c2ccccc2c1-c1nc(-c2c(O)cc(O)c3ccccc23)nc(-c2c(O)cc(O)c3ccccc23)n1. The van der Waals surface area contributed by atoms with Gasteiger partial charge in [-0.25, -0.2) is 15.0 Å². The van der Waals surface area contributed by atoms with Crippen molar-refractivity contribution < 1.29 is 30.6 Å². The lowest BCUT2D eigenvalue weighted by atomic mass is 9.99. The van der Waals surface area contributed by atoms with E-state index in [0.717, 1.165) is 0 Å². The third kappa shape index (κ3) is 3.75. The molecule has 6 aromatic carbocycles. The van der Waals surface area contributed by atoms with Crippen LogP contribution in [0.1, 0.15) is 0 Å². The van der Waals surface area contributed by atoms with Crippen LogP contribution in [0, 0.1) is 0 Å². The number of rotatable bonds is 3. The van der Waals surface area contributed by atoms with Crippen molar-refractivity contribution in [1.82, 2.24) is 15.0 Å². The molecule has 0 saturated carbocycles. The molecule has 9 nitrogen and oxygen atoms in total. The van der Waals surface area contributed by atoms with Gasteiger partial charge in [-0.05, 0) is 0 Å². The van der Waals surface area contributed by atoms with E-state index in [0.29, 0.717) is 32.3 Å². The molecule has 7 aromatic rings. The summed E-state index contributed by atoms with van der Waals surface area (Å²) < 4.78 is 0. The number of phenols is 6. The second-order valence-electron chi connectivity index (χ2n) is 9.81. The van der Waals surface area contributed by atoms with Crippen LogP contribution in [0.25, 0.3) is 66.5 Å². The second kappa shape index (κ2) is 9.24. The number of hydrogen-bond donors (Lipinski definition) is 6. The molecule has 0 bridgehead atoms. The Kier molecular flexibility index (Phi) is 5.48. The molecule has 0 unspecified atom stereocenters. The molecule has 204 valence electrons. The van der Waals surface area contributed by atoms with Gasteiger partial charge in [0.15, 0.2) is 17.5 Å². The summed E-state index contributed by atoms with van der Waals surface area (Å²) in [6.45, 7) is 0. The highest BCUT2D eigenvalue weighted by Crippen LogP contribution is 2.45. The molecule has 6 N–H and O–H groups in total. The number of phenolic OH excluding ortho intramolecular Hbond substituents is 6. The third-order valence-corrected chi connectivity index (χ3v) is 7.31. The average Bonchev–Trinajstić information content (AvgIpc) is 2.97. The summed E-state index contributed by atoms with van der Waals surface area (Å²) in [6, 6.07) is 24.2. The Bertz CT molecular complexity index is 1970. The van der Waals surface area contributed by atoms with Crippen LogP contribution in [0.5, 0.6) is 34.5 Å². The van der Waals surface area contributed by atoms with E-state index in [1.807, 2.05) is 0 Å². The Morgan fingerprint density at radius 3 is 0.810 bits per heavy atom. The standard InChI is InChI=1S/C33H21N3O6/c37-22-13-25(40)28(19-10-4-1-7-16(19)22)31-34-32(29-20-11-5-2-8-17(20)23(38)14-26(29)41)36-33(35-31)30-21-12-6-3-9-18(21)24(39)15-27(30)42/h1-15,37-42H. The Morgan fingerprint density at radius 1 is 0.310 bits per heavy atom. The van der Waals surface area contributed by atoms with Crippen molar-refractivity contribution in [3.63, 3.8) is 0 Å². The van der Waals surface area contributed by atoms with Crippen molar-refractivity contribution in [3.8, 4) is 68.7 Å². The number of hydrogen-bond acceptors (Lipinski definition) is 9. The summed E-state index contributed by atoms with van der Waals surface area (Å²) >= 11 is 0. The van der Waals surface area contributed by atoms with E-state index >= 15 is 0 Å². The van der Waals surface area contributed by atoms with Crippen LogP contribution in [-0.2, 0) is 0 Å². The molecule has 42 heavy (non-hydrogen) atoms. The average molecular weight is 556 g/mol. The minimum atomic E-state index is -0.297. The van der Waals surface area contributed by atoms with Gasteiger partial charge in [-0.15, -0.1) is 0 Å². The Labute approximate surface area is 237 Å². The van der Waals surface area contributed by atoms with E-state index in [9.17, 15) is 30.6 Å². The molecule has 0 aliphatic heterocycles. The summed E-state index contributed by atoms with van der Waals surface area (Å²) in [5, 5.41) is 67.5. The maximum Gasteiger partial charge on any atom is 0.168 e. The first kappa shape index (κ1) is 24.9. The number of benzene rings is 6. The number of aromatic hydroxyl groups is 6. The van der Waals surface area contributed by atoms with Crippen LogP contribution in [0.15, 0.2) is 91.0 Å². The molecule has 1 aromatic heterocycles. The van der Waals surface area contributed by atoms with E-state index in [1.165, 1.54) is 18.2 Å². The third-order valence-electron chi connectivity index (χ3n) is 7.31. The van der Waals surface area contributed by atoms with Gasteiger partial charge in [0.2, 0.25) is 0 Å². The molecule has 0 spiro atoms. The Balaban J connectivity index is 1.63. The van der Waals surface area contributed by atoms with Gasteiger partial charge in [0.25, 0.3) is 0 Å². The minimum Gasteiger partial charge on any atom is -0.507 e. The van der Waals surface area contributed by atoms with Crippen molar-refractivity contribution >= 4 is 32.3 Å². The highest BCUT2D eigenvalue weighted by Gasteiger charge is 2.24. The normalized spacial score (nSPS) is 11.4. The zero-order valence-electron chi connectivity index (χ0n) is 21.7. The van der Waals surface area contributed by atoms with Crippen molar-refractivity contribution in [1.29, 1.82) is 0 Å². The lowest BCUT2D eigenvalue weighted by Crippen LogP contribution is -2.02. The zero-order chi connectivity index (χ0) is 29.1. The summed E-state index contributed by atoms with van der Waals surface area (Å²) in [7, 11) is 0. The van der Waals surface area contributed by atoms with Crippen LogP contribution in [0.3, 0.4) is 0 Å². The molecule has 0 aliphatic carbocycles. The van der Waals surface area contributed by atoms with Crippen molar-refractivity contribution in [2.45, 2.75) is 0 Å². The maximum absolute atomic E-state index is 11.1. The van der Waals surface area contributed by atoms with Gasteiger partial charge in [-0.1, -0.05) is 72.8 Å². The smallest absolute Gasteiger partial charge is 0.168 e. The van der Waals surface area contributed by atoms with Gasteiger partial charge in [-0.3, -0.25) is 0 Å². The summed E-state index contributed by atoms with van der Waals surface area (Å²) in [5.41, 5.74) is 0.579. The van der Waals surface area contributed by atoms with Gasteiger partial charge in [0, 0.05) is 50.5 Å². The van der Waals surface area contributed by atoms with E-state index < -0.39 is 0 Å². The highest BCUT2D eigenvalue weighted by atomic mass is 16.3. The monoisotopic (exact) mass is 555 g/mol. The predicted octanol–water partition coefficient (Wildman–Crippen LogP) is 6.57. The summed E-state index contributed by atoms with van der Waals surface area (Å²) in [5.74, 6) is -1.30. The predicted molar refractivity (Wildman–Crippen MR) is 159 cm³/mol. The van der Waals surface area contributed by atoms with Crippen molar-refractivity contribution in [2.75, 3.05) is 0 Å². The van der Waals surface area contributed by atoms with E-state index in [4.69, 9.17) is 0 Å². The molecule has 0 aliphatic rings. The molecule has 7 rings (SSSR count). The van der Waals surface area contributed by atoms with Crippen molar-refractivity contribution in [2.24, 2.45) is 0 Å². The van der Waals surface area contributed by atoms with Crippen molar-refractivity contribution in [3.05, 3.63) is 91.0 Å². The Morgan fingerprint density at radius 2 is 0.548 bits per heavy atom. The molecule has 1 heterocycles. The fourth-order valence-electron chi connectivity index (χ4n) is 5.44. The fraction of sp³-hybridized carbons (Fsp3) is 0. The molecule has 0 amide bonds. The van der Waals surface area contributed by atoms with E-state index in [-0.39, 0.29) is 68.7 Å². The topological polar surface area (TPSA) is 160 Å². The van der Waals surface area contributed by atoms with Gasteiger partial charge in [0.05, 0.1) is 16.7 Å². The quantitative estimate of drug-likeness (QED) is 0.142. The second-order valence-corrected chi connectivity index (χ2v) is 9.81. The first-order chi connectivity index (χ1) is 20.3. The van der Waals surface area contributed by atoms with E-state index in [2.05, 4.69) is 15.0 Å². The van der Waals surface area contributed by atoms with Crippen LogP contribution >= 0.6 is 0 Å². The van der Waals surface area contributed by atoms with Crippen LogP contribution in [-0.4, -0.2) is 45.6 Å². The van der Waals surface area contributed by atoms with Gasteiger partial charge >= 0.3 is 0 Å². The van der Waals surface area contributed by atoms with Crippen LogP contribution in [0.2, 0.25) is 0 Å². The minimum absolute atomic E-state index is 0.00295. The summed E-state index contributed by atoms with van der Waals surface area (Å²) in [6.07, 6.45) is 0. The number of aromatic nitrogens is 3. The van der Waals surface area contributed by atoms with E-state index in [1.54, 1.807) is 72.8 Å². The largest absolute Gasteiger partial charge is 0.507 e. The first-order valence-electron chi connectivity index (χ1n) is 12.9. The lowest BCUT2D eigenvalue weighted by Gasteiger charge is -2.15. The van der Waals surface area contributed by atoms with Crippen LogP contribution in [0.4, 0.5) is 0 Å². The number of nitrogens with zero attached hydrogens (tertiary/aromatic N) is 3. The lowest BCUT2D eigenvalue weighted by molar-refractivity contribution is 0.455.